The van der Waals surface area contributed by atoms with Crippen molar-refractivity contribution in [1.29, 1.82) is 0 Å². The lowest BCUT2D eigenvalue weighted by molar-refractivity contribution is 0.398. The summed E-state index contributed by atoms with van der Waals surface area (Å²) >= 11 is 0. The molecule has 2 heterocycles. The Bertz CT molecular complexity index is 437. The van der Waals surface area contributed by atoms with Crippen LogP contribution in [0.4, 0.5) is 0 Å². The summed E-state index contributed by atoms with van der Waals surface area (Å²) in [6.07, 6.45) is 6.55. The summed E-state index contributed by atoms with van der Waals surface area (Å²) in [4.78, 5) is 8.62. The lowest BCUT2D eigenvalue weighted by Gasteiger charge is -2.17. The summed E-state index contributed by atoms with van der Waals surface area (Å²) in [6, 6.07) is 1.92. The molecule has 0 aliphatic carbocycles. The van der Waals surface area contributed by atoms with Crippen LogP contribution in [0, 0.1) is 5.41 Å². The van der Waals surface area contributed by atoms with E-state index < -0.39 is 0 Å². The van der Waals surface area contributed by atoms with Gasteiger partial charge in [-0.2, -0.15) is 0 Å². The predicted octanol–water partition coefficient (Wildman–Crippen LogP) is 2.32. The van der Waals surface area contributed by atoms with Crippen molar-refractivity contribution in [2.24, 2.45) is 5.41 Å². The fraction of sp³-hybridized carbons (Fsp3) is 0.455. The van der Waals surface area contributed by atoms with Gasteiger partial charge in [0.15, 0.2) is 0 Å². The van der Waals surface area contributed by atoms with Gasteiger partial charge in [0.25, 0.3) is 0 Å². The van der Waals surface area contributed by atoms with Gasteiger partial charge in [-0.1, -0.05) is 20.8 Å². The molecule has 2 rings (SSSR count). The number of aromatic nitrogens is 3. The van der Waals surface area contributed by atoms with E-state index in [0.29, 0.717) is 0 Å². The normalized spacial score (nSPS) is 12.2. The molecule has 0 aliphatic rings. The van der Waals surface area contributed by atoms with Gasteiger partial charge in [-0.3, -0.25) is 4.40 Å². The van der Waals surface area contributed by atoms with Gasteiger partial charge in [-0.15, -0.1) is 0 Å². The van der Waals surface area contributed by atoms with Crippen molar-refractivity contribution in [1.82, 2.24) is 14.4 Å². The van der Waals surface area contributed by atoms with Crippen molar-refractivity contribution in [2.75, 3.05) is 0 Å². The first-order chi connectivity index (χ1) is 6.56. The molecule has 0 N–H and O–H groups in total. The van der Waals surface area contributed by atoms with Crippen molar-refractivity contribution in [3.05, 3.63) is 30.5 Å². The number of fused-ring (bicyclic) bond motifs is 1. The van der Waals surface area contributed by atoms with E-state index in [2.05, 4.69) is 30.7 Å². The summed E-state index contributed by atoms with van der Waals surface area (Å²) in [6.45, 7) is 6.64. The summed E-state index contributed by atoms with van der Waals surface area (Å²) in [7, 11) is 0. The SMILES string of the molecule is CC(C)(C)Cc1nccc2nccn12. The molecule has 0 radical (unpaired) electrons. The highest BCUT2D eigenvalue weighted by Gasteiger charge is 2.14. The summed E-state index contributed by atoms with van der Waals surface area (Å²) in [5.74, 6) is 1.08. The first-order valence-electron chi connectivity index (χ1n) is 4.83. The molecule has 3 nitrogen and oxygen atoms in total. The van der Waals surface area contributed by atoms with Crippen LogP contribution in [0.25, 0.3) is 5.65 Å². The van der Waals surface area contributed by atoms with Crippen molar-refractivity contribution in [2.45, 2.75) is 27.2 Å². The molecule has 2 aromatic heterocycles. The number of hydrogen-bond acceptors (Lipinski definition) is 2. The van der Waals surface area contributed by atoms with Crippen LogP contribution in [0.15, 0.2) is 24.7 Å². The zero-order valence-electron chi connectivity index (χ0n) is 8.86. The highest BCUT2D eigenvalue weighted by molar-refractivity contribution is 5.37. The standard InChI is InChI=1S/C11H15N3/c1-11(2,3)8-10-12-5-4-9-13-6-7-14(9)10/h4-7H,8H2,1-3H3. The van der Waals surface area contributed by atoms with Crippen LogP contribution in [0.1, 0.15) is 26.6 Å². The second kappa shape index (κ2) is 3.08. The largest absolute Gasteiger partial charge is 0.288 e. The highest BCUT2D eigenvalue weighted by Crippen LogP contribution is 2.19. The molecule has 14 heavy (non-hydrogen) atoms. The van der Waals surface area contributed by atoms with E-state index in [9.17, 15) is 0 Å². The van der Waals surface area contributed by atoms with Crippen LogP contribution in [-0.4, -0.2) is 14.4 Å². The van der Waals surface area contributed by atoms with Crippen molar-refractivity contribution in [3.8, 4) is 0 Å². The first-order valence-corrected chi connectivity index (χ1v) is 4.83. The Morgan fingerprint density at radius 3 is 2.71 bits per heavy atom. The van der Waals surface area contributed by atoms with Crippen LogP contribution in [0.2, 0.25) is 0 Å². The molecule has 0 aromatic carbocycles. The van der Waals surface area contributed by atoms with Crippen molar-refractivity contribution >= 4 is 5.65 Å². The average Bonchev–Trinajstić information content (AvgIpc) is 2.49. The lowest BCUT2D eigenvalue weighted by Crippen LogP contribution is -2.13. The first kappa shape index (κ1) is 9.19. The maximum Gasteiger partial charge on any atom is 0.139 e. The molecule has 0 aliphatic heterocycles. The Morgan fingerprint density at radius 2 is 2.00 bits per heavy atom. The van der Waals surface area contributed by atoms with Gasteiger partial charge in [-0.25, -0.2) is 9.97 Å². The molecular formula is C11H15N3. The molecule has 3 heteroatoms. The average molecular weight is 189 g/mol. The Hall–Kier alpha value is -1.38. The summed E-state index contributed by atoms with van der Waals surface area (Å²) < 4.78 is 2.05. The van der Waals surface area contributed by atoms with Crippen molar-refractivity contribution in [3.63, 3.8) is 0 Å². The maximum absolute atomic E-state index is 4.39. The molecule has 0 fully saturated rings. The van der Waals surface area contributed by atoms with E-state index in [-0.39, 0.29) is 5.41 Å². The fourth-order valence-corrected chi connectivity index (χ4v) is 1.51. The number of nitrogens with zero attached hydrogens (tertiary/aromatic N) is 3. The second-order valence-corrected chi connectivity index (χ2v) is 4.75. The summed E-state index contributed by atoms with van der Waals surface area (Å²) in [5.41, 5.74) is 1.23. The number of hydrogen-bond donors (Lipinski definition) is 0. The van der Waals surface area contributed by atoms with Gasteiger partial charge in [0, 0.05) is 25.0 Å². The number of imidazole rings is 1. The molecule has 0 saturated heterocycles. The van der Waals surface area contributed by atoms with Gasteiger partial charge in [0.1, 0.15) is 11.5 Å². The Morgan fingerprint density at radius 1 is 1.21 bits per heavy atom. The predicted molar refractivity (Wildman–Crippen MR) is 56.1 cm³/mol. The van der Waals surface area contributed by atoms with Crippen molar-refractivity contribution < 1.29 is 0 Å². The molecule has 0 atom stereocenters. The van der Waals surface area contributed by atoms with Crippen LogP contribution in [-0.2, 0) is 6.42 Å². The smallest absolute Gasteiger partial charge is 0.139 e. The fourth-order valence-electron chi connectivity index (χ4n) is 1.51. The van der Waals surface area contributed by atoms with Gasteiger partial charge < -0.3 is 0 Å². The topological polar surface area (TPSA) is 30.2 Å². The zero-order chi connectivity index (χ0) is 10.2. The van der Waals surface area contributed by atoms with Crippen LogP contribution in [0.5, 0.6) is 0 Å². The van der Waals surface area contributed by atoms with Crippen LogP contribution < -0.4 is 0 Å². The number of rotatable bonds is 1. The Kier molecular flexibility index (Phi) is 2.02. The van der Waals surface area contributed by atoms with Crippen LogP contribution >= 0.6 is 0 Å². The maximum atomic E-state index is 4.39. The van der Waals surface area contributed by atoms with E-state index in [0.717, 1.165) is 17.9 Å². The van der Waals surface area contributed by atoms with Gasteiger partial charge in [0.2, 0.25) is 0 Å². The molecule has 0 bridgehead atoms. The molecule has 2 aromatic rings. The minimum absolute atomic E-state index is 0.256. The monoisotopic (exact) mass is 189 g/mol. The third kappa shape index (κ3) is 1.76. The lowest BCUT2D eigenvalue weighted by atomic mass is 9.92. The molecule has 0 unspecified atom stereocenters. The van der Waals surface area contributed by atoms with E-state index >= 15 is 0 Å². The highest BCUT2D eigenvalue weighted by atomic mass is 15.0. The molecule has 74 valence electrons. The zero-order valence-corrected chi connectivity index (χ0v) is 8.86. The minimum atomic E-state index is 0.256. The van der Waals surface area contributed by atoms with E-state index in [1.54, 1.807) is 0 Å². The van der Waals surface area contributed by atoms with E-state index in [4.69, 9.17) is 0 Å². The second-order valence-electron chi connectivity index (χ2n) is 4.75. The van der Waals surface area contributed by atoms with Gasteiger partial charge in [-0.05, 0) is 11.5 Å². The molecule has 0 amide bonds. The molecular weight excluding hydrogens is 174 g/mol. The summed E-state index contributed by atoms with van der Waals surface area (Å²) in [5, 5.41) is 0. The van der Waals surface area contributed by atoms with Gasteiger partial charge in [0.05, 0.1) is 0 Å². The van der Waals surface area contributed by atoms with Gasteiger partial charge >= 0.3 is 0 Å². The Balaban J connectivity index is 2.46. The minimum Gasteiger partial charge on any atom is -0.288 e. The Labute approximate surface area is 83.8 Å². The van der Waals surface area contributed by atoms with E-state index in [1.165, 1.54) is 0 Å². The van der Waals surface area contributed by atoms with Crippen LogP contribution in [0.3, 0.4) is 0 Å². The third-order valence-electron chi connectivity index (χ3n) is 2.08. The quantitative estimate of drug-likeness (QED) is 0.689. The van der Waals surface area contributed by atoms with E-state index in [1.807, 2.05) is 29.1 Å². The molecule has 0 spiro atoms. The third-order valence-corrected chi connectivity index (χ3v) is 2.08. The molecule has 0 saturated carbocycles.